The topological polar surface area (TPSA) is 99.1 Å². The molecule has 0 radical (unpaired) electrons. The summed E-state index contributed by atoms with van der Waals surface area (Å²) in [6.07, 6.45) is 1.33. The predicted octanol–water partition coefficient (Wildman–Crippen LogP) is 4.05. The van der Waals surface area contributed by atoms with Crippen LogP contribution in [0, 0.1) is 6.92 Å². The van der Waals surface area contributed by atoms with E-state index in [0.717, 1.165) is 27.8 Å². The minimum Gasteiger partial charge on any atom is -0.507 e. The number of benzene rings is 3. The SMILES string of the molecule is COC(=O)c1c(C)cc2c(c1OC)-c1cc3c(cc1CC2)C(=O)c1c(O)cc(OC)cc1C3=O. The molecule has 34 heavy (non-hydrogen) atoms. The van der Waals surface area contributed by atoms with Crippen LogP contribution in [0.4, 0.5) is 0 Å². The molecule has 0 fully saturated rings. The van der Waals surface area contributed by atoms with Crippen molar-refractivity contribution in [1.29, 1.82) is 0 Å². The van der Waals surface area contributed by atoms with E-state index in [9.17, 15) is 19.5 Å². The molecule has 5 rings (SSSR count). The van der Waals surface area contributed by atoms with Crippen molar-refractivity contribution in [3.8, 4) is 28.4 Å². The zero-order chi connectivity index (χ0) is 24.3. The summed E-state index contributed by atoms with van der Waals surface area (Å²) in [5.41, 5.74) is 4.94. The van der Waals surface area contributed by atoms with Crippen molar-refractivity contribution in [2.24, 2.45) is 0 Å². The quantitative estimate of drug-likeness (QED) is 0.463. The first-order chi connectivity index (χ1) is 16.3. The molecule has 1 N–H and O–H groups in total. The van der Waals surface area contributed by atoms with Crippen LogP contribution in [-0.4, -0.2) is 44.0 Å². The second-order valence-electron chi connectivity index (χ2n) is 8.41. The van der Waals surface area contributed by atoms with E-state index >= 15 is 0 Å². The molecule has 2 aliphatic carbocycles. The monoisotopic (exact) mass is 458 g/mol. The summed E-state index contributed by atoms with van der Waals surface area (Å²) in [5.74, 6) is -0.926. The van der Waals surface area contributed by atoms with Gasteiger partial charge in [-0.25, -0.2) is 4.79 Å². The molecule has 0 bridgehead atoms. The molecular weight excluding hydrogens is 436 g/mol. The van der Waals surface area contributed by atoms with Crippen LogP contribution in [0.15, 0.2) is 30.3 Å². The third kappa shape index (κ3) is 2.93. The maximum absolute atomic E-state index is 13.5. The van der Waals surface area contributed by atoms with E-state index in [2.05, 4.69) is 0 Å². The highest BCUT2D eigenvalue weighted by atomic mass is 16.5. The Kier molecular flexibility index (Phi) is 4.93. The number of ketones is 2. The highest BCUT2D eigenvalue weighted by Gasteiger charge is 2.36. The molecule has 3 aromatic rings. The molecule has 0 heterocycles. The van der Waals surface area contributed by atoms with Crippen LogP contribution in [0.25, 0.3) is 11.1 Å². The Morgan fingerprint density at radius 3 is 2.18 bits per heavy atom. The fourth-order valence-corrected chi connectivity index (χ4v) is 5.05. The smallest absolute Gasteiger partial charge is 0.341 e. The lowest BCUT2D eigenvalue weighted by molar-refractivity contribution is 0.0596. The summed E-state index contributed by atoms with van der Waals surface area (Å²) in [7, 11) is 4.23. The van der Waals surface area contributed by atoms with Gasteiger partial charge in [0.05, 0.1) is 26.9 Å². The number of rotatable bonds is 3. The Hall–Kier alpha value is -4.13. The number of phenols is 1. The van der Waals surface area contributed by atoms with Gasteiger partial charge in [-0.05, 0) is 60.2 Å². The Bertz CT molecular complexity index is 1430. The van der Waals surface area contributed by atoms with E-state index < -0.39 is 11.8 Å². The maximum Gasteiger partial charge on any atom is 0.341 e. The van der Waals surface area contributed by atoms with Gasteiger partial charge in [-0.1, -0.05) is 6.07 Å². The molecule has 0 aromatic heterocycles. The standard InChI is InChI=1S/C27H22O7/c1-12-7-14-6-5-13-8-17-18(11-16(13)22(14)26(33-3)21(12)27(31)34-4)24(29)19-9-15(32-2)10-20(28)23(19)25(17)30/h7-11,28H,5-6H2,1-4H3. The normalized spacial score (nSPS) is 13.4. The van der Waals surface area contributed by atoms with Crippen LogP contribution in [0.2, 0.25) is 0 Å². The van der Waals surface area contributed by atoms with E-state index in [-0.39, 0.29) is 39.5 Å². The lowest BCUT2D eigenvalue weighted by Crippen LogP contribution is -2.22. The Morgan fingerprint density at radius 2 is 1.50 bits per heavy atom. The Labute approximate surface area is 195 Å². The van der Waals surface area contributed by atoms with Gasteiger partial charge in [0.1, 0.15) is 22.8 Å². The van der Waals surface area contributed by atoms with Crippen molar-refractivity contribution in [3.63, 3.8) is 0 Å². The lowest BCUT2D eigenvalue weighted by atomic mass is 9.76. The van der Waals surface area contributed by atoms with E-state index in [1.807, 2.05) is 13.0 Å². The molecular formula is C27H22O7. The van der Waals surface area contributed by atoms with Gasteiger partial charge in [0.2, 0.25) is 0 Å². The minimum atomic E-state index is -0.509. The van der Waals surface area contributed by atoms with Crippen LogP contribution in [0.5, 0.6) is 17.2 Å². The highest BCUT2D eigenvalue weighted by molar-refractivity contribution is 6.30. The number of carbonyl (C=O) groups is 3. The van der Waals surface area contributed by atoms with E-state index in [0.29, 0.717) is 24.2 Å². The van der Waals surface area contributed by atoms with Crippen LogP contribution in [-0.2, 0) is 17.6 Å². The van der Waals surface area contributed by atoms with Crippen LogP contribution in [0.3, 0.4) is 0 Å². The van der Waals surface area contributed by atoms with E-state index in [1.165, 1.54) is 33.5 Å². The number of carbonyl (C=O) groups excluding carboxylic acids is 3. The zero-order valence-corrected chi connectivity index (χ0v) is 19.2. The summed E-state index contributed by atoms with van der Waals surface area (Å²) < 4.78 is 15.8. The second-order valence-corrected chi connectivity index (χ2v) is 8.41. The average molecular weight is 458 g/mol. The first kappa shape index (κ1) is 21.7. The number of hydrogen-bond donors (Lipinski definition) is 1. The molecule has 3 aromatic carbocycles. The second kappa shape index (κ2) is 7.73. The summed E-state index contributed by atoms with van der Waals surface area (Å²) in [4.78, 5) is 39.3. The van der Waals surface area contributed by atoms with Crippen LogP contribution >= 0.6 is 0 Å². The van der Waals surface area contributed by atoms with Gasteiger partial charge in [-0.3, -0.25) is 9.59 Å². The van der Waals surface area contributed by atoms with Crippen molar-refractivity contribution in [2.75, 3.05) is 21.3 Å². The molecule has 172 valence electrons. The van der Waals surface area contributed by atoms with E-state index in [4.69, 9.17) is 14.2 Å². The predicted molar refractivity (Wildman–Crippen MR) is 123 cm³/mol. The highest BCUT2D eigenvalue weighted by Crippen LogP contribution is 2.46. The number of esters is 1. The summed E-state index contributed by atoms with van der Waals surface area (Å²) >= 11 is 0. The molecule has 0 atom stereocenters. The van der Waals surface area contributed by atoms with Gasteiger partial charge < -0.3 is 19.3 Å². The van der Waals surface area contributed by atoms with Crippen molar-refractivity contribution in [1.82, 2.24) is 0 Å². The fourth-order valence-electron chi connectivity index (χ4n) is 5.05. The van der Waals surface area contributed by atoms with Crippen LogP contribution < -0.4 is 9.47 Å². The maximum atomic E-state index is 13.5. The first-order valence-corrected chi connectivity index (χ1v) is 10.8. The van der Waals surface area contributed by atoms with Crippen molar-refractivity contribution in [2.45, 2.75) is 19.8 Å². The summed E-state index contributed by atoms with van der Waals surface area (Å²) in [6.45, 7) is 1.83. The number of aryl methyl sites for hydroxylation is 3. The average Bonchev–Trinajstić information content (AvgIpc) is 2.84. The van der Waals surface area contributed by atoms with E-state index in [1.54, 1.807) is 12.1 Å². The molecule has 0 saturated heterocycles. The molecule has 0 aliphatic heterocycles. The first-order valence-electron chi connectivity index (χ1n) is 10.8. The number of aromatic hydroxyl groups is 1. The minimum absolute atomic E-state index is 0.0179. The van der Waals surface area contributed by atoms with Gasteiger partial charge in [-0.15, -0.1) is 0 Å². The third-order valence-corrected chi connectivity index (χ3v) is 6.62. The number of methoxy groups -OCH3 is 3. The van der Waals surface area contributed by atoms with Gasteiger partial charge in [0.25, 0.3) is 0 Å². The number of ether oxygens (including phenoxy) is 3. The van der Waals surface area contributed by atoms with Crippen LogP contribution in [0.1, 0.15) is 58.9 Å². The molecule has 2 aliphatic rings. The third-order valence-electron chi connectivity index (χ3n) is 6.62. The van der Waals surface area contributed by atoms with Crippen molar-refractivity contribution >= 4 is 17.5 Å². The van der Waals surface area contributed by atoms with Crippen molar-refractivity contribution < 1.29 is 33.7 Å². The van der Waals surface area contributed by atoms with Gasteiger partial charge in [0, 0.05) is 28.3 Å². The zero-order valence-electron chi connectivity index (χ0n) is 19.2. The van der Waals surface area contributed by atoms with Gasteiger partial charge in [0.15, 0.2) is 11.6 Å². The summed E-state index contributed by atoms with van der Waals surface area (Å²) in [5, 5.41) is 10.4. The Morgan fingerprint density at radius 1 is 0.794 bits per heavy atom. The molecule has 0 unspecified atom stereocenters. The Balaban J connectivity index is 1.77. The van der Waals surface area contributed by atoms with Gasteiger partial charge >= 0.3 is 5.97 Å². The van der Waals surface area contributed by atoms with Gasteiger partial charge in [-0.2, -0.15) is 0 Å². The lowest BCUT2D eigenvalue weighted by Gasteiger charge is -2.27. The molecule has 0 spiro atoms. The fraction of sp³-hybridized carbons (Fsp3) is 0.222. The molecule has 7 heteroatoms. The molecule has 0 saturated carbocycles. The molecule has 0 amide bonds. The molecule has 7 nitrogen and oxygen atoms in total. The van der Waals surface area contributed by atoms with Crippen molar-refractivity contribution in [3.05, 3.63) is 74.8 Å². The largest absolute Gasteiger partial charge is 0.507 e. The number of fused-ring (bicyclic) bond motifs is 5. The summed E-state index contributed by atoms with van der Waals surface area (Å²) in [6, 6.07) is 8.15. The number of phenolic OH excluding ortho intramolecular Hbond substituents is 1. The number of hydrogen-bond acceptors (Lipinski definition) is 7.